The fourth-order valence-corrected chi connectivity index (χ4v) is 4.78. The predicted octanol–water partition coefficient (Wildman–Crippen LogP) is 4.14. The first-order chi connectivity index (χ1) is 17.0. The fourth-order valence-electron chi connectivity index (χ4n) is 4.78. The summed E-state index contributed by atoms with van der Waals surface area (Å²) >= 11 is 0. The van der Waals surface area contributed by atoms with Crippen molar-refractivity contribution in [2.24, 2.45) is 5.92 Å². The number of hydrogen-bond acceptors (Lipinski definition) is 8. The Morgan fingerprint density at radius 3 is 2.17 bits per heavy atom. The first kappa shape index (κ1) is 27.8. The third-order valence-corrected chi connectivity index (χ3v) is 6.86. The van der Waals surface area contributed by atoms with E-state index in [1.165, 1.54) is 20.3 Å². The summed E-state index contributed by atoms with van der Waals surface area (Å²) < 4.78 is 21.2. The van der Waals surface area contributed by atoms with Gasteiger partial charge in [-0.1, -0.05) is 6.92 Å². The van der Waals surface area contributed by atoms with E-state index in [0.29, 0.717) is 17.7 Å². The molecule has 2 fully saturated rings. The Morgan fingerprint density at radius 2 is 1.61 bits per heavy atom. The predicted molar refractivity (Wildman–Crippen MR) is 134 cm³/mol. The Labute approximate surface area is 214 Å². The minimum atomic E-state index is -0.609. The average molecular weight is 505 g/mol. The standard InChI is InChI=1S/C27H40N2O7/c1-7-28(17-18-10-12-29(13-11-18)26(32)36-27(2,3)4)19-14-21(15-19)35-20-8-9-22(24(30)33-5)23(16-20)25(31)34-6/h8-9,16,18-19,21H,7,10-15,17H2,1-6H3/t19-,21-. The van der Waals surface area contributed by atoms with Crippen molar-refractivity contribution in [2.75, 3.05) is 40.4 Å². The molecule has 1 heterocycles. The summed E-state index contributed by atoms with van der Waals surface area (Å²) in [6.45, 7) is 11.3. The fraction of sp³-hybridized carbons (Fsp3) is 0.667. The van der Waals surface area contributed by atoms with E-state index in [2.05, 4.69) is 11.8 Å². The first-order valence-electron chi connectivity index (χ1n) is 12.7. The van der Waals surface area contributed by atoms with Gasteiger partial charge >= 0.3 is 18.0 Å². The monoisotopic (exact) mass is 504 g/mol. The summed E-state index contributed by atoms with van der Waals surface area (Å²) in [7, 11) is 2.54. The molecule has 0 atom stereocenters. The number of rotatable bonds is 8. The number of nitrogens with zero attached hydrogens (tertiary/aromatic N) is 2. The maximum absolute atomic E-state index is 12.3. The molecule has 200 valence electrons. The van der Waals surface area contributed by atoms with Gasteiger partial charge in [-0.25, -0.2) is 14.4 Å². The smallest absolute Gasteiger partial charge is 0.410 e. The molecule has 1 amide bonds. The molecule has 1 saturated carbocycles. The van der Waals surface area contributed by atoms with Gasteiger partial charge in [-0.3, -0.25) is 0 Å². The first-order valence-corrected chi connectivity index (χ1v) is 12.7. The zero-order valence-corrected chi connectivity index (χ0v) is 22.4. The average Bonchev–Trinajstić information content (AvgIpc) is 2.83. The van der Waals surface area contributed by atoms with Crippen LogP contribution >= 0.6 is 0 Å². The number of carbonyl (C=O) groups excluding carboxylic acids is 3. The molecule has 0 bridgehead atoms. The van der Waals surface area contributed by atoms with Crippen molar-refractivity contribution in [2.45, 2.75) is 71.1 Å². The van der Waals surface area contributed by atoms with Crippen molar-refractivity contribution in [3.63, 3.8) is 0 Å². The van der Waals surface area contributed by atoms with Crippen LogP contribution in [0.2, 0.25) is 0 Å². The Bertz CT molecular complexity index is 929. The largest absolute Gasteiger partial charge is 0.490 e. The van der Waals surface area contributed by atoms with Crippen LogP contribution in [0.25, 0.3) is 0 Å². The van der Waals surface area contributed by atoms with E-state index in [1.807, 2.05) is 25.7 Å². The van der Waals surface area contributed by atoms with Crippen molar-refractivity contribution in [3.05, 3.63) is 29.3 Å². The zero-order chi connectivity index (χ0) is 26.5. The van der Waals surface area contributed by atoms with Gasteiger partial charge in [-0.15, -0.1) is 0 Å². The van der Waals surface area contributed by atoms with E-state index in [-0.39, 0.29) is 23.3 Å². The van der Waals surface area contributed by atoms with Crippen molar-refractivity contribution in [3.8, 4) is 5.75 Å². The van der Waals surface area contributed by atoms with Gasteiger partial charge in [0.05, 0.1) is 25.3 Å². The highest BCUT2D eigenvalue weighted by molar-refractivity contribution is 6.03. The van der Waals surface area contributed by atoms with Crippen LogP contribution in [-0.4, -0.2) is 86.0 Å². The van der Waals surface area contributed by atoms with Gasteiger partial charge in [0.15, 0.2) is 0 Å². The van der Waals surface area contributed by atoms with Gasteiger partial charge in [0.25, 0.3) is 0 Å². The van der Waals surface area contributed by atoms with Crippen LogP contribution in [0.5, 0.6) is 5.75 Å². The van der Waals surface area contributed by atoms with Gasteiger partial charge < -0.3 is 28.7 Å². The van der Waals surface area contributed by atoms with Crippen molar-refractivity contribution in [1.29, 1.82) is 0 Å². The van der Waals surface area contributed by atoms with Crippen LogP contribution in [0, 0.1) is 5.92 Å². The van der Waals surface area contributed by atoms with E-state index < -0.39 is 17.5 Å². The summed E-state index contributed by atoms with van der Waals surface area (Å²) in [5, 5.41) is 0. The molecule has 1 aliphatic carbocycles. The Kier molecular flexibility index (Phi) is 9.22. The molecule has 9 heteroatoms. The molecule has 0 aromatic heterocycles. The van der Waals surface area contributed by atoms with Crippen LogP contribution in [-0.2, 0) is 14.2 Å². The summed E-state index contributed by atoms with van der Waals surface area (Å²) in [5.74, 6) is -0.121. The highest BCUT2D eigenvalue weighted by Gasteiger charge is 2.36. The molecule has 1 aromatic rings. The molecule has 36 heavy (non-hydrogen) atoms. The minimum absolute atomic E-state index is 0.0486. The molecule has 0 radical (unpaired) electrons. The summed E-state index contributed by atoms with van der Waals surface area (Å²) in [6.07, 6.45) is 3.58. The van der Waals surface area contributed by atoms with Crippen LogP contribution in [0.3, 0.4) is 0 Å². The molecule has 1 aromatic carbocycles. The van der Waals surface area contributed by atoms with Gasteiger partial charge in [0.1, 0.15) is 17.5 Å². The van der Waals surface area contributed by atoms with Gasteiger partial charge in [-0.05, 0) is 64.3 Å². The molecule has 9 nitrogen and oxygen atoms in total. The quantitative estimate of drug-likeness (QED) is 0.385. The number of esters is 2. The lowest BCUT2D eigenvalue weighted by atomic mass is 9.86. The minimum Gasteiger partial charge on any atom is -0.490 e. The number of piperidine rings is 1. The third-order valence-electron chi connectivity index (χ3n) is 6.86. The van der Waals surface area contributed by atoms with Crippen LogP contribution in [0.1, 0.15) is 74.1 Å². The van der Waals surface area contributed by atoms with E-state index in [1.54, 1.807) is 12.1 Å². The lowest BCUT2D eigenvalue weighted by molar-refractivity contribution is 0.000298. The lowest BCUT2D eigenvalue weighted by Crippen LogP contribution is -2.51. The molecule has 2 aliphatic rings. The second-order valence-corrected chi connectivity index (χ2v) is 10.6. The summed E-state index contributed by atoms with van der Waals surface area (Å²) in [6, 6.07) is 5.20. The van der Waals surface area contributed by atoms with Crippen molar-refractivity contribution in [1.82, 2.24) is 9.80 Å². The maximum Gasteiger partial charge on any atom is 0.410 e. The van der Waals surface area contributed by atoms with Crippen LogP contribution in [0.15, 0.2) is 18.2 Å². The van der Waals surface area contributed by atoms with Crippen molar-refractivity contribution >= 4 is 18.0 Å². The van der Waals surface area contributed by atoms with Crippen LogP contribution < -0.4 is 4.74 Å². The highest BCUT2D eigenvalue weighted by atomic mass is 16.6. The van der Waals surface area contributed by atoms with Gasteiger partial charge in [0.2, 0.25) is 0 Å². The normalized spacial score (nSPS) is 20.5. The maximum atomic E-state index is 12.3. The van der Waals surface area contributed by atoms with Crippen molar-refractivity contribution < 1.29 is 33.3 Å². The summed E-state index contributed by atoms with van der Waals surface area (Å²) in [4.78, 5) is 40.8. The molecular weight excluding hydrogens is 464 g/mol. The molecule has 0 unspecified atom stereocenters. The Hall–Kier alpha value is -2.81. The second-order valence-electron chi connectivity index (χ2n) is 10.6. The number of likely N-dealkylation sites (tertiary alicyclic amines) is 1. The molecule has 3 rings (SSSR count). The molecule has 0 N–H and O–H groups in total. The molecule has 1 saturated heterocycles. The SMILES string of the molecule is CCN(CC1CCN(C(=O)OC(C)(C)C)CC1)[C@H]1C[C@H](Oc2ccc(C(=O)OC)c(C(=O)OC)c2)C1. The van der Waals surface area contributed by atoms with Gasteiger partial charge in [0, 0.05) is 38.5 Å². The van der Waals surface area contributed by atoms with Crippen LogP contribution in [0.4, 0.5) is 4.79 Å². The number of methoxy groups -OCH3 is 2. The summed E-state index contributed by atoms with van der Waals surface area (Å²) in [5.41, 5.74) is -0.191. The van der Waals surface area contributed by atoms with E-state index in [0.717, 1.165) is 51.9 Å². The molecular formula is C27H40N2O7. The number of ether oxygens (including phenoxy) is 4. The second kappa shape index (κ2) is 12.0. The topological polar surface area (TPSA) is 94.6 Å². The van der Waals surface area contributed by atoms with E-state index >= 15 is 0 Å². The van der Waals surface area contributed by atoms with E-state index in [9.17, 15) is 14.4 Å². The highest BCUT2D eigenvalue weighted by Crippen LogP contribution is 2.32. The number of carbonyl (C=O) groups is 3. The number of benzene rings is 1. The van der Waals surface area contributed by atoms with E-state index in [4.69, 9.17) is 18.9 Å². The lowest BCUT2D eigenvalue weighted by Gasteiger charge is -2.44. The Balaban J connectivity index is 1.49. The third kappa shape index (κ3) is 7.12. The number of amides is 1. The Morgan fingerprint density at radius 1 is 1.00 bits per heavy atom. The molecule has 0 spiro atoms. The zero-order valence-electron chi connectivity index (χ0n) is 22.4. The number of hydrogen-bond donors (Lipinski definition) is 0. The molecule has 1 aliphatic heterocycles. The van der Waals surface area contributed by atoms with Gasteiger partial charge in [-0.2, -0.15) is 0 Å².